The molecule has 0 saturated carbocycles. The van der Waals surface area contributed by atoms with E-state index in [-0.39, 0.29) is 13.2 Å². The molecule has 0 aromatic heterocycles. The predicted octanol–water partition coefficient (Wildman–Crippen LogP) is -0.741. The number of hydrogen-bond donors (Lipinski definition) is 2. The van der Waals surface area contributed by atoms with E-state index in [4.69, 9.17) is 10.8 Å². The molecule has 0 amide bonds. The van der Waals surface area contributed by atoms with E-state index in [1.165, 1.54) is 6.92 Å². The first-order valence-corrected chi connectivity index (χ1v) is 3.14. The summed E-state index contributed by atoms with van der Waals surface area (Å²) in [6, 6.07) is 0. The molecular formula is C6H13NO3. The molecule has 0 saturated heterocycles. The Labute approximate surface area is 60.0 Å². The lowest BCUT2D eigenvalue weighted by Gasteiger charge is -2.17. The van der Waals surface area contributed by atoms with Gasteiger partial charge in [0, 0.05) is 6.54 Å². The topological polar surface area (TPSA) is 72.5 Å². The van der Waals surface area contributed by atoms with Crippen LogP contribution in [0.15, 0.2) is 0 Å². The molecule has 0 bridgehead atoms. The van der Waals surface area contributed by atoms with Crippen LogP contribution in [0.5, 0.6) is 0 Å². The van der Waals surface area contributed by atoms with Crippen molar-refractivity contribution in [2.75, 3.05) is 13.2 Å². The molecule has 1 atom stereocenters. The largest absolute Gasteiger partial charge is 0.464 e. The number of carbonyl (C=O) groups is 1. The first-order chi connectivity index (χ1) is 4.54. The minimum absolute atomic E-state index is 0.119. The van der Waals surface area contributed by atoms with Gasteiger partial charge < -0.3 is 15.6 Å². The van der Waals surface area contributed by atoms with Gasteiger partial charge in [0.1, 0.15) is 0 Å². The van der Waals surface area contributed by atoms with Crippen molar-refractivity contribution >= 4 is 5.97 Å². The average Bonchev–Trinajstić information content (AvgIpc) is 1.89. The molecule has 60 valence electrons. The Kier molecular flexibility index (Phi) is 3.32. The summed E-state index contributed by atoms with van der Waals surface area (Å²) in [6.07, 6.45) is 0. The van der Waals surface area contributed by atoms with E-state index < -0.39 is 11.6 Å². The highest BCUT2D eigenvalue weighted by Gasteiger charge is 2.29. The van der Waals surface area contributed by atoms with Gasteiger partial charge in [0.05, 0.1) is 6.61 Å². The maximum absolute atomic E-state index is 10.7. The van der Waals surface area contributed by atoms with Crippen molar-refractivity contribution in [2.24, 2.45) is 5.73 Å². The fraction of sp³-hybridized carbons (Fsp3) is 0.833. The van der Waals surface area contributed by atoms with E-state index in [0.717, 1.165) is 0 Å². The number of ether oxygens (including phenoxy) is 1. The van der Waals surface area contributed by atoms with Crippen molar-refractivity contribution in [3.05, 3.63) is 0 Å². The van der Waals surface area contributed by atoms with Crippen molar-refractivity contribution in [3.63, 3.8) is 0 Å². The van der Waals surface area contributed by atoms with Gasteiger partial charge in [-0.05, 0) is 13.8 Å². The lowest BCUT2D eigenvalue weighted by molar-refractivity contribution is -0.162. The molecule has 0 aliphatic heterocycles. The third-order valence-corrected chi connectivity index (χ3v) is 1.11. The maximum Gasteiger partial charge on any atom is 0.339 e. The van der Waals surface area contributed by atoms with Gasteiger partial charge in [-0.25, -0.2) is 4.79 Å². The van der Waals surface area contributed by atoms with E-state index in [2.05, 4.69) is 4.74 Å². The summed E-state index contributed by atoms with van der Waals surface area (Å²) in [4.78, 5) is 10.7. The highest BCUT2D eigenvalue weighted by atomic mass is 16.5. The van der Waals surface area contributed by atoms with Crippen LogP contribution in [-0.4, -0.2) is 29.8 Å². The third kappa shape index (κ3) is 2.33. The molecule has 4 nitrogen and oxygen atoms in total. The first kappa shape index (κ1) is 9.39. The third-order valence-electron chi connectivity index (χ3n) is 1.11. The molecule has 0 unspecified atom stereocenters. The van der Waals surface area contributed by atoms with Gasteiger partial charge in [-0.2, -0.15) is 0 Å². The number of nitrogens with two attached hydrogens (primary N) is 1. The molecule has 0 aromatic rings. The second kappa shape index (κ2) is 3.53. The first-order valence-electron chi connectivity index (χ1n) is 3.14. The summed E-state index contributed by atoms with van der Waals surface area (Å²) < 4.78 is 4.53. The van der Waals surface area contributed by atoms with Crippen LogP contribution in [0, 0.1) is 0 Å². The van der Waals surface area contributed by atoms with Crippen molar-refractivity contribution in [1.82, 2.24) is 0 Å². The van der Waals surface area contributed by atoms with E-state index >= 15 is 0 Å². The number of hydrogen-bond acceptors (Lipinski definition) is 4. The van der Waals surface area contributed by atoms with Crippen molar-refractivity contribution < 1.29 is 14.6 Å². The Morgan fingerprint density at radius 1 is 1.80 bits per heavy atom. The Bertz CT molecular complexity index is 122. The minimum Gasteiger partial charge on any atom is -0.464 e. The zero-order chi connectivity index (χ0) is 8.20. The SMILES string of the molecule is CCOC(=O)[C@@](C)(O)CN. The lowest BCUT2D eigenvalue weighted by Crippen LogP contribution is -2.43. The van der Waals surface area contributed by atoms with E-state index in [0.29, 0.717) is 0 Å². The Morgan fingerprint density at radius 2 is 2.30 bits per heavy atom. The summed E-state index contributed by atoms with van der Waals surface area (Å²) in [6.45, 7) is 3.14. The molecule has 4 heteroatoms. The van der Waals surface area contributed by atoms with Crippen LogP contribution >= 0.6 is 0 Å². The van der Waals surface area contributed by atoms with Crippen LogP contribution < -0.4 is 5.73 Å². The van der Waals surface area contributed by atoms with Crippen LogP contribution in [0.1, 0.15) is 13.8 Å². The Morgan fingerprint density at radius 3 is 2.60 bits per heavy atom. The molecule has 0 radical (unpaired) electrons. The van der Waals surface area contributed by atoms with Crippen LogP contribution in [0.25, 0.3) is 0 Å². The van der Waals surface area contributed by atoms with Crippen molar-refractivity contribution in [3.8, 4) is 0 Å². The zero-order valence-electron chi connectivity index (χ0n) is 6.26. The van der Waals surface area contributed by atoms with Crippen molar-refractivity contribution in [2.45, 2.75) is 19.4 Å². The number of carbonyl (C=O) groups excluding carboxylic acids is 1. The molecule has 10 heavy (non-hydrogen) atoms. The van der Waals surface area contributed by atoms with E-state index in [9.17, 15) is 4.79 Å². The van der Waals surface area contributed by atoms with Crippen LogP contribution in [-0.2, 0) is 9.53 Å². The molecule has 0 aliphatic rings. The van der Waals surface area contributed by atoms with Crippen LogP contribution in [0.3, 0.4) is 0 Å². The molecule has 0 spiro atoms. The highest BCUT2D eigenvalue weighted by molar-refractivity contribution is 5.78. The quantitative estimate of drug-likeness (QED) is 0.516. The predicted molar refractivity (Wildman–Crippen MR) is 36.3 cm³/mol. The summed E-state index contributed by atoms with van der Waals surface area (Å²) in [5.74, 6) is -0.669. The molecule has 0 rings (SSSR count). The monoisotopic (exact) mass is 147 g/mol. The van der Waals surface area contributed by atoms with Gasteiger partial charge in [0.15, 0.2) is 5.60 Å². The smallest absolute Gasteiger partial charge is 0.339 e. The minimum atomic E-state index is -1.53. The number of aliphatic hydroxyl groups is 1. The van der Waals surface area contributed by atoms with Crippen LogP contribution in [0.2, 0.25) is 0 Å². The van der Waals surface area contributed by atoms with Gasteiger partial charge in [0.25, 0.3) is 0 Å². The maximum atomic E-state index is 10.7. The van der Waals surface area contributed by atoms with Gasteiger partial charge in [-0.3, -0.25) is 0 Å². The van der Waals surface area contributed by atoms with Gasteiger partial charge in [-0.15, -0.1) is 0 Å². The zero-order valence-corrected chi connectivity index (χ0v) is 6.26. The van der Waals surface area contributed by atoms with Gasteiger partial charge >= 0.3 is 5.97 Å². The average molecular weight is 147 g/mol. The standard InChI is InChI=1S/C6H13NO3/c1-3-10-5(8)6(2,9)4-7/h9H,3-4,7H2,1-2H3/t6-/m0/s1. The Balaban J connectivity index is 3.91. The second-order valence-electron chi connectivity index (χ2n) is 2.20. The molecule has 3 N–H and O–H groups in total. The lowest BCUT2D eigenvalue weighted by atomic mass is 10.1. The fourth-order valence-corrected chi connectivity index (χ4v) is 0.370. The summed E-state index contributed by atoms with van der Waals surface area (Å²) in [7, 11) is 0. The Hall–Kier alpha value is -0.610. The van der Waals surface area contributed by atoms with Crippen LogP contribution in [0.4, 0.5) is 0 Å². The van der Waals surface area contributed by atoms with E-state index in [1.807, 2.05) is 0 Å². The number of rotatable bonds is 3. The fourth-order valence-electron chi connectivity index (χ4n) is 0.370. The summed E-state index contributed by atoms with van der Waals surface area (Å²) >= 11 is 0. The van der Waals surface area contributed by atoms with E-state index in [1.54, 1.807) is 6.92 Å². The van der Waals surface area contributed by atoms with Gasteiger partial charge in [-0.1, -0.05) is 0 Å². The highest BCUT2D eigenvalue weighted by Crippen LogP contribution is 2.02. The molecule has 0 aromatic carbocycles. The number of esters is 1. The normalized spacial score (nSPS) is 16.0. The molecule has 0 heterocycles. The molecule has 0 fully saturated rings. The molecular weight excluding hydrogens is 134 g/mol. The summed E-state index contributed by atoms with van der Waals surface area (Å²) in [5, 5.41) is 9.12. The second-order valence-corrected chi connectivity index (χ2v) is 2.20. The summed E-state index contributed by atoms with van der Waals surface area (Å²) in [5.41, 5.74) is 3.55. The van der Waals surface area contributed by atoms with Crippen molar-refractivity contribution in [1.29, 1.82) is 0 Å². The molecule has 0 aliphatic carbocycles. The van der Waals surface area contributed by atoms with Gasteiger partial charge in [0.2, 0.25) is 0 Å².